The van der Waals surface area contributed by atoms with Gasteiger partial charge in [-0.2, -0.15) is 0 Å². The molecule has 0 heterocycles. The Labute approximate surface area is 51.5 Å². The maximum absolute atomic E-state index is 8.52. The Hall–Kier alpha value is 0.584. The van der Waals surface area contributed by atoms with Gasteiger partial charge in [0.2, 0.25) is 0 Å². The average Bonchev–Trinajstić information content (AvgIpc) is 0.722. The fraction of sp³-hybridized carbons (Fsp3) is 0. The van der Waals surface area contributed by atoms with Crippen LogP contribution in [0.15, 0.2) is 0 Å². The summed E-state index contributed by atoms with van der Waals surface area (Å²) >= 11 is 0. The molecule has 0 bridgehead atoms. The minimum Gasteiger partial charge on any atom is -0.759 e. The number of hydrogen-bond donors (Lipinski definition) is 0. The Morgan fingerprint density at radius 2 is 1.33 bits per heavy atom. The molecule has 0 aliphatic heterocycles. The van der Waals surface area contributed by atoms with E-state index < -0.39 is 10.4 Å². The van der Waals surface area contributed by atoms with Gasteiger partial charge in [-0.05, 0) is 0 Å². The first-order chi connectivity index (χ1) is 2.00. The van der Waals surface area contributed by atoms with E-state index in [9.17, 15) is 0 Å². The molecular weight excluding hydrogens is 144 g/mol. The predicted molar refractivity (Wildman–Crippen MR) is 11.6 cm³/mol. The van der Waals surface area contributed by atoms with Gasteiger partial charge in [0.05, 0.1) is 0 Å². The van der Waals surface area contributed by atoms with E-state index in [4.69, 9.17) is 17.5 Å². The summed E-state index contributed by atoms with van der Waals surface area (Å²) in [7, 11) is -5.17. The van der Waals surface area contributed by atoms with Crippen LogP contribution in [-0.4, -0.2) is 17.5 Å². The Bertz CT molecular complexity index is 94.9. The van der Waals surface area contributed by atoms with Crippen molar-refractivity contribution >= 4 is 10.4 Å². The molecule has 0 saturated heterocycles. The molecule has 0 aromatic rings. The summed E-state index contributed by atoms with van der Waals surface area (Å²) in [5, 5.41) is 0. The molecule has 6 heavy (non-hydrogen) atoms. The van der Waals surface area contributed by atoms with Crippen LogP contribution < -0.4 is 0 Å². The molecule has 0 aromatic carbocycles. The zero-order valence-corrected chi connectivity index (χ0v) is 4.92. The minimum absolute atomic E-state index is 0. The maximum atomic E-state index is 8.52. The van der Waals surface area contributed by atoms with Crippen molar-refractivity contribution in [3.05, 3.63) is 0 Å². The Balaban J connectivity index is -0.0000000800. The van der Waals surface area contributed by atoms with Gasteiger partial charge in [0.1, 0.15) is 0 Å². The summed E-state index contributed by atoms with van der Waals surface area (Å²) < 4.78 is 34.1. The van der Waals surface area contributed by atoms with Crippen molar-refractivity contribution in [1.82, 2.24) is 0 Å². The molecular formula is HO4STi-. The SMILES string of the molecule is O=S(=O)([O-])[O-].[H+].[Ti]. The van der Waals surface area contributed by atoms with Crippen LogP contribution in [0.3, 0.4) is 0 Å². The molecule has 0 aliphatic carbocycles. The zero-order chi connectivity index (χ0) is 4.50. The zero-order valence-electron chi connectivity index (χ0n) is 3.54. The smallest absolute Gasteiger partial charge is 0.759 e. The van der Waals surface area contributed by atoms with Gasteiger partial charge in [-0.25, -0.2) is 0 Å². The second-order valence-electron chi connectivity index (χ2n) is 0.408. The Morgan fingerprint density at radius 3 is 1.33 bits per heavy atom. The van der Waals surface area contributed by atoms with Crippen molar-refractivity contribution in [3.63, 3.8) is 0 Å². The van der Waals surface area contributed by atoms with Gasteiger partial charge in [-0.1, -0.05) is 0 Å². The van der Waals surface area contributed by atoms with E-state index in [0.717, 1.165) is 0 Å². The van der Waals surface area contributed by atoms with Crippen LogP contribution in [-0.2, 0) is 32.1 Å². The number of rotatable bonds is 0. The van der Waals surface area contributed by atoms with E-state index in [1.165, 1.54) is 0 Å². The summed E-state index contributed by atoms with van der Waals surface area (Å²) in [6.45, 7) is 0. The second-order valence-corrected chi connectivity index (χ2v) is 1.22. The first-order valence-corrected chi connectivity index (χ1v) is 2.00. The largest absolute Gasteiger partial charge is 1.00 e. The Morgan fingerprint density at radius 1 is 1.33 bits per heavy atom. The molecule has 0 N–H and O–H groups in total. The predicted octanol–water partition coefficient (Wildman–Crippen LogP) is -1.23. The van der Waals surface area contributed by atoms with E-state index in [2.05, 4.69) is 0 Å². The molecule has 0 rings (SSSR count). The minimum atomic E-state index is -5.17. The van der Waals surface area contributed by atoms with Crippen LogP contribution in [0.2, 0.25) is 0 Å². The van der Waals surface area contributed by atoms with Crippen LogP contribution in [0.1, 0.15) is 1.43 Å². The van der Waals surface area contributed by atoms with Crippen LogP contribution >= 0.6 is 0 Å². The van der Waals surface area contributed by atoms with E-state index >= 15 is 0 Å². The van der Waals surface area contributed by atoms with Crippen molar-refractivity contribution in [2.45, 2.75) is 0 Å². The monoisotopic (exact) mass is 145 g/mol. The van der Waals surface area contributed by atoms with E-state index in [1.807, 2.05) is 0 Å². The topological polar surface area (TPSA) is 80.3 Å². The van der Waals surface area contributed by atoms with Crippen molar-refractivity contribution in [2.24, 2.45) is 0 Å². The molecule has 0 atom stereocenters. The third-order valence-electron chi connectivity index (χ3n) is 0. The van der Waals surface area contributed by atoms with Crippen LogP contribution in [0, 0.1) is 0 Å². The summed E-state index contributed by atoms with van der Waals surface area (Å²) in [6, 6.07) is 0. The van der Waals surface area contributed by atoms with Gasteiger partial charge in [0, 0.05) is 32.1 Å². The molecule has 36 valence electrons. The molecule has 0 radical (unpaired) electrons. The molecule has 0 amide bonds. The van der Waals surface area contributed by atoms with Crippen molar-refractivity contribution in [2.75, 3.05) is 0 Å². The number of hydrogen-bond acceptors (Lipinski definition) is 4. The van der Waals surface area contributed by atoms with Gasteiger partial charge in [-0.3, -0.25) is 8.42 Å². The van der Waals surface area contributed by atoms with Crippen LogP contribution in [0.5, 0.6) is 0 Å². The second kappa shape index (κ2) is 2.71. The Kier molecular flexibility index (Phi) is 4.41. The van der Waals surface area contributed by atoms with Crippen molar-refractivity contribution in [1.29, 1.82) is 0 Å². The first kappa shape index (κ1) is 9.77. The van der Waals surface area contributed by atoms with E-state index in [0.29, 0.717) is 0 Å². The van der Waals surface area contributed by atoms with Crippen LogP contribution in [0.4, 0.5) is 0 Å². The quantitative estimate of drug-likeness (QED) is 0.243. The molecule has 0 aromatic heterocycles. The summed E-state index contributed by atoms with van der Waals surface area (Å²) in [4.78, 5) is 0. The summed E-state index contributed by atoms with van der Waals surface area (Å²) in [5.74, 6) is 0. The molecule has 0 saturated carbocycles. The van der Waals surface area contributed by atoms with Crippen molar-refractivity contribution < 1.29 is 40.7 Å². The molecule has 0 aliphatic rings. The van der Waals surface area contributed by atoms with Gasteiger partial charge < -0.3 is 9.11 Å². The maximum Gasteiger partial charge on any atom is 1.00 e. The summed E-state index contributed by atoms with van der Waals surface area (Å²) in [5.41, 5.74) is 0. The molecule has 0 fully saturated rings. The molecule has 6 heteroatoms. The summed E-state index contributed by atoms with van der Waals surface area (Å²) in [6.07, 6.45) is 0. The molecule has 0 unspecified atom stereocenters. The normalized spacial score (nSPS) is 9.67. The van der Waals surface area contributed by atoms with Crippen LogP contribution in [0.25, 0.3) is 0 Å². The van der Waals surface area contributed by atoms with E-state index in [1.54, 1.807) is 0 Å². The van der Waals surface area contributed by atoms with Gasteiger partial charge >= 0.3 is 1.43 Å². The molecule has 4 nitrogen and oxygen atoms in total. The first-order valence-electron chi connectivity index (χ1n) is 0.667. The van der Waals surface area contributed by atoms with Gasteiger partial charge in [-0.15, -0.1) is 0 Å². The third-order valence-corrected chi connectivity index (χ3v) is 0. The fourth-order valence-corrected chi connectivity index (χ4v) is 0. The average molecular weight is 145 g/mol. The van der Waals surface area contributed by atoms with E-state index in [-0.39, 0.29) is 23.1 Å². The van der Waals surface area contributed by atoms with Gasteiger partial charge in [0.25, 0.3) is 0 Å². The fourth-order valence-electron chi connectivity index (χ4n) is 0. The standard InChI is InChI=1S/H2O4S.Ti/c1-5(2,3)4;/h(H2,1,2,3,4);/p-1. The third kappa shape index (κ3) is 173. The molecule has 0 spiro atoms. The van der Waals surface area contributed by atoms with Gasteiger partial charge in [0.15, 0.2) is 0 Å². The van der Waals surface area contributed by atoms with Crippen molar-refractivity contribution in [3.8, 4) is 0 Å².